The summed E-state index contributed by atoms with van der Waals surface area (Å²) >= 11 is 1.41. The van der Waals surface area contributed by atoms with Crippen LogP contribution in [0.15, 0.2) is 53.3 Å². The van der Waals surface area contributed by atoms with E-state index in [0.717, 1.165) is 15.6 Å². The molecule has 0 unspecified atom stereocenters. The van der Waals surface area contributed by atoms with Crippen LogP contribution in [0.3, 0.4) is 0 Å². The molecule has 122 valence electrons. The van der Waals surface area contributed by atoms with Crippen molar-refractivity contribution in [3.63, 3.8) is 0 Å². The van der Waals surface area contributed by atoms with Gasteiger partial charge in [0.1, 0.15) is 5.01 Å². The normalized spacial score (nSPS) is 11.5. The fourth-order valence-electron chi connectivity index (χ4n) is 2.57. The standard InChI is InChI=1S/C18H11N3O3S/c22-18-12(9-11-3-1-2-4-14(11)20-18)5-8-17-19-15-10-13(21(23)24)6-7-16(15)25-17/h1-10H,(H,20,22). The van der Waals surface area contributed by atoms with Crippen LogP contribution in [0.2, 0.25) is 0 Å². The number of non-ortho nitro benzene ring substituents is 1. The third kappa shape index (κ3) is 2.92. The summed E-state index contributed by atoms with van der Waals surface area (Å²) in [5.74, 6) is 0. The zero-order chi connectivity index (χ0) is 17.4. The van der Waals surface area contributed by atoms with Gasteiger partial charge in [-0.25, -0.2) is 4.98 Å². The highest BCUT2D eigenvalue weighted by Gasteiger charge is 2.09. The molecule has 2 aromatic heterocycles. The number of H-pyrrole nitrogens is 1. The Morgan fingerprint density at radius 3 is 2.80 bits per heavy atom. The number of thiazole rings is 1. The van der Waals surface area contributed by atoms with Crippen molar-refractivity contribution in [2.75, 3.05) is 0 Å². The Kier molecular flexibility index (Phi) is 3.62. The molecule has 4 aromatic rings. The van der Waals surface area contributed by atoms with Gasteiger partial charge in [0.05, 0.1) is 15.1 Å². The number of para-hydroxylation sites is 1. The second kappa shape index (κ2) is 5.95. The third-order valence-corrected chi connectivity index (χ3v) is 4.79. The minimum atomic E-state index is -0.442. The molecule has 0 fully saturated rings. The highest BCUT2D eigenvalue weighted by atomic mass is 32.1. The second-order valence-corrected chi connectivity index (χ2v) is 6.50. The monoisotopic (exact) mass is 349 g/mol. The van der Waals surface area contributed by atoms with Crippen LogP contribution in [0, 0.1) is 10.1 Å². The Morgan fingerprint density at radius 2 is 1.96 bits per heavy atom. The Labute approximate surface area is 145 Å². The first kappa shape index (κ1) is 15.2. The lowest BCUT2D eigenvalue weighted by Crippen LogP contribution is -2.08. The van der Waals surface area contributed by atoms with Gasteiger partial charge in [0.25, 0.3) is 11.2 Å². The van der Waals surface area contributed by atoms with Crippen LogP contribution in [0.25, 0.3) is 33.3 Å². The lowest BCUT2D eigenvalue weighted by atomic mass is 10.1. The molecule has 0 radical (unpaired) electrons. The molecule has 0 aliphatic carbocycles. The summed E-state index contributed by atoms with van der Waals surface area (Å²) in [4.78, 5) is 29.8. The molecule has 25 heavy (non-hydrogen) atoms. The quantitative estimate of drug-likeness (QED) is 0.443. The summed E-state index contributed by atoms with van der Waals surface area (Å²) in [5.41, 5.74) is 1.73. The molecule has 0 atom stereocenters. The number of hydrogen-bond donors (Lipinski definition) is 1. The van der Waals surface area contributed by atoms with Crippen LogP contribution in [0.1, 0.15) is 10.6 Å². The molecule has 6 nitrogen and oxygen atoms in total. The van der Waals surface area contributed by atoms with E-state index in [-0.39, 0.29) is 11.2 Å². The third-order valence-electron chi connectivity index (χ3n) is 3.79. The molecule has 0 amide bonds. The first-order valence-electron chi connectivity index (χ1n) is 7.45. The number of aromatic amines is 1. The number of nitro groups is 1. The molecule has 0 aliphatic heterocycles. The molecular weight excluding hydrogens is 338 g/mol. The number of pyridine rings is 1. The molecule has 0 aliphatic rings. The molecule has 0 saturated heterocycles. The fraction of sp³-hybridized carbons (Fsp3) is 0. The van der Waals surface area contributed by atoms with Crippen molar-refractivity contribution in [3.8, 4) is 0 Å². The maximum Gasteiger partial charge on any atom is 0.271 e. The molecular formula is C18H11N3O3S. The van der Waals surface area contributed by atoms with Gasteiger partial charge < -0.3 is 4.98 Å². The minimum Gasteiger partial charge on any atom is -0.321 e. The number of benzene rings is 2. The van der Waals surface area contributed by atoms with Crippen LogP contribution in [-0.2, 0) is 0 Å². The van der Waals surface area contributed by atoms with Crippen molar-refractivity contribution in [1.82, 2.24) is 9.97 Å². The number of rotatable bonds is 3. The maximum absolute atomic E-state index is 12.1. The molecule has 0 saturated carbocycles. The van der Waals surface area contributed by atoms with Crippen LogP contribution in [-0.4, -0.2) is 14.9 Å². The van der Waals surface area contributed by atoms with Gasteiger partial charge in [-0.05, 0) is 35.7 Å². The van der Waals surface area contributed by atoms with Gasteiger partial charge in [-0.1, -0.05) is 18.2 Å². The average Bonchev–Trinajstić information content (AvgIpc) is 3.01. The molecule has 2 aromatic carbocycles. The molecule has 4 rings (SSSR count). The molecule has 2 heterocycles. The smallest absolute Gasteiger partial charge is 0.271 e. The Balaban J connectivity index is 1.72. The van der Waals surface area contributed by atoms with Crippen LogP contribution in [0.5, 0.6) is 0 Å². The van der Waals surface area contributed by atoms with E-state index in [4.69, 9.17) is 0 Å². The summed E-state index contributed by atoms with van der Waals surface area (Å²) in [6.07, 6.45) is 3.45. The SMILES string of the molecule is O=c1[nH]c2ccccc2cc1C=Cc1nc2cc([N+](=O)[O-])ccc2s1. The summed E-state index contributed by atoms with van der Waals surface area (Å²) in [7, 11) is 0. The van der Waals surface area contributed by atoms with E-state index in [1.54, 1.807) is 18.2 Å². The zero-order valence-electron chi connectivity index (χ0n) is 12.8. The first-order valence-corrected chi connectivity index (χ1v) is 8.27. The molecule has 0 bridgehead atoms. The zero-order valence-corrected chi connectivity index (χ0v) is 13.6. The Morgan fingerprint density at radius 1 is 1.12 bits per heavy atom. The summed E-state index contributed by atoms with van der Waals surface area (Å²) in [6.45, 7) is 0. The Bertz CT molecular complexity index is 1210. The summed E-state index contributed by atoms with van der Waals surface area (Å²) in [6, 6.07) is 14.0. The van der Waals surface area contributed by atoms with Gasteiger partial charge in [-0.3, -0.25) is 14.9 Å². The van der Waals surface area contributed by atoms with Crippen molar-refractivity contribution in [1.29, 1.82) is 0 Å². The maximum atomic E-state index is 12.1. The second-order valence-electron chi connectivity index (χ2n) is 5.44. The number of nitro benzene ring substituents is 1. The predicted octanol–water partition coefficient (Wildman–Crippen LogP) is 4.22. The van der Waals surface area contributed by atoms with Crippen molar-refractivity contribution in [2.24, 2.45) is 0 Å². The van der Waals surface area contributed by atoms with E-state index in [1.165, 1.54) is 23.5 Å². The Hall–Kier alpha value is -3.32. The predicted molar refractivity (Wildman–Crippen MR) is 99.8 cm³/mol. The largest absolute Gasteiger partial charge is 0.321 e. The van der Waals surface area contributed by atoms with Gasteiger partial charge in [0, 0.05) is 23.2 Å². The molecule has 7 heteroatoms. The lowest BCUT2D eigenvalue weighted by Gasteiger charge is -1.98. The van der Waals surface area contributed by atoms with Crippen LogP contribution < -0.4 is 5.56 Å². The lowest BCUT2D eigenvalue weighted by molar-refractivity contribution is -0.384. The van der Waals surface area contributed by atoms with Crippen molar-refractivity contribution >= 4 is 50.3 Å². The molecule has 1 N–H and O–H groups in total. The van der Waals surface area contributed by atoms with Crippen molar-refractivity contribution in [3.05, 3.63) is 79.6 Å². The number of fused-ring (bicyclic) bond motifs is 2. The van der Waals surface area contributed by atoms with E-state index in [9.17, 15) is 14.9 Å². The highest BCUT2D eigenvalue weighted by Crippen LogP contribution is 2.27. The first-order chi connectivity index (χ1) is 12.1. The van der Waals surface area contributed by atoms with Gasteiger partial charge >= 0.3 is 0 Å². The average molecular weight is 349 g/mol. The van der Waals surface area contributed by atoms with E-state index < -0.39 is 4.92 Å². The topological polar surface area (TPSA) is 88.9 Å². The van der Waals surface area contributed by atoms with E-state index in [0.29, 0.717) is 16.1 Å². The highest BCUT2D eigenvalue weighted by molar-refractivity contribution is 7.19. The van der Waals surface area contributed by atoms with E-state index in [2.05, 4.69) is 9.97 Å². The minimum absolute atomic E-state index is 0.0132. The van der Waals surface area contributed by atoms with Gasteiger partial charge in [-0.2, -0.15) is 0 Å². The van der Waals surface area contributed by atoms with Crippen molar-refractivity contribution in [2.45, 2.75) is 0 Å². The number of hydrogen-bond acceptors (Lipinski definition) is 5. The number of aromatic nitrogens is 2. The summed E-state index contributed by atoms with van der Waals surface area (Å²) in [5, 5.41) is 12.5. The van der Waals surface area contributed by atoms with Crippen LogP contribution >= 0.6 is 11.3 Å². The van der Waals surface area contributed by atoms with E-state index >= 15 is 0 Å². The van der Waals surface area contributed by atoms with Gasteiger partial charge in [-0.15, -0.1) is 11.3 Å². The molecule has 0 spiro atoms. The van der Waals surface area contributed by atoms with Crippen molar-refractivity contribution < 1.29 is 4.92 Å². The van der Waals surface area contributed by atoms with Crippen LogP contribution in [0.4, 0.5) is 5.69 Å². The number of nitrogens with one attached hydrogen (secondary N) is 1. The van der Waals surface area contributed by atoms with Gasteiger partial charge in [0.2, 0.25) is 0 Å². The fourth-order valence-corrected chi connectivity index (χ4v) is 3.42. The van der Waals surface area contributed by atoms with Gasteiger partial charge in [0.15, 0.2) is 0 Å². The number of nitrogens with zero attached hydrogens (tertiary/aromatic N) is 2. The summed E-state index contributed by atoms with van der Waals surface area (Å²) < 4.78 is 0.859. The van der Waals surface area contributed by atoms with E-state index in [1.807, 2.05) is 30.3 Å².